The van der Waals surface area contributed by atoms with Crippen LogP contribution in [0.1, 0.15) is 335 Å². The van der Waals surface area contributed by atoms with Gasteiger partial charge in [0.25, 0.3) is 0 Å². The van der Waals surface area contributed by atoms with Crippen LogP contribution in [0.15, 0.2) is 72.9 Å². The molecule has 440 valence electrons. The van der Waals surface area contributed by atoms with E-state index >= 15 is 0 Å². The zero-order valence-corrected chi connectivity index (χ0v) is 50.5. The minimum absolute atomic E-state index is 0.0798. The van der Waals surface area contributed by atoms with Gasteiger partial charge in [0.2, 0.25) is 0 Å². The molecule has 0 saturated heterocycles. The van der Waals surface area contributed by atoms with Crippen molar-refractivity contribution in [1.82, 2.24) is 0 Å². The van der Waals surface area contributed by atoms with Crippen LogP contribution in [0.25, 0.3) is 0 Å². The molecular weight excluding hydrogens is 937 g/mol. The lowest BCUT2D eigenvalue weighted by atomic mass is 10.0. The van der Waals surface area contributed by atoms with Crippen molar-refractivity contribution in [2.75, 3.05) is 13.2 Å². The molecule has 0 aromatic heterocycles. The molecule has 1 atom stereocenters. The third-order valence-electron chi connectivity index (χ3n) is 14.4. The van der Waals surface area contributed by atoms with Crippen LogP contribution in [0.3, 0.4) is 0 Å². The Morgan fingerprint density at radius 2 is 0.513 bits per heavy atom. The van der Waals surface area contributed by atoms with E-state index in [1.54, 1.807) is 0 Å². The summed E-state index contributed by atoms with van der Waals surface area (Å²) in [6.07, 6.45) is 83.3. The molecule has 1 unspecified atom stereocenters. The van der Waals surface area contributed by atoms with Crippen LogP contribution in [-0.4, -0.2) is 37.2 Å². The summed E-state index contributed by atoms with van der Waals surface area (Å²) in [6, 6.07) is 0. The number of rotatable bonds is 60. The smallest absolute Gasteiger partial charge is 0.306 e. The molecule has 0 aliphatic heterocycles. The highest BCUT2D eigenvalue weighted by Crippen LogP contribution is 2.17. The van der Waals surface area contributed by atoms with Gasteiger partial charge >= 0.3 is 17.9 Å². The molecule has 0 rings (SSSR count). The van der Waals surface area contributed by atoms with Gasteiger partial charge in [0.1, 0.15) is 13.2 Å². The highest BCUT2D eigenvalue weighted by molar-refractivity contribution is 5.71. The van der Waals surface area contributed by atoms with Gasteiger partial charge in [0.05, 0.1) is 0 Å². The van der Waals surface area contributed by atoms with Crippen molar-refractivity contribution in [3.8, 4) is 0 Å². The molecule has 0 aromatic rings. The van der Waals surface area contributed by atoms with E-state index in [2.05, 4.69) is 93.7 Å². The van der Waals surface area contributed by atoms with Gasteiger partial charge in [-0.15, -0.1) is 0 Å². The predicted molar refractivity (Wildman–Crippen MR) is 330 cm³/mol. The van der Waals surface area contributed by atoms with Gasteiger partial charge in [-0.1, -0.05) is 299 Å². The Balaban J connectivity index is 4.36. The van der Waals surface area contributed by atoms with Crippen LogP contribution in [0.2, 0.25) is 0 Å². The summed E-state index contributed by atoms with van der Waals surface area (Å²) in [5.74, 6) is -0.877. The third-order valence-corrected chi connectivity index (χ3v) is 14.4. The van der Waals surface area contributed by atoms with Crippen molar-refractivity contribution in [2.24, 2.45) is 0 Å². The van der Waals surface area contributed by atoms with Gasteiger partial charge in [-0.3, -0.25) is 14.4 Å². The molecule has 76 heavy (non-hydrogen) atoms. The fourth-order valence-electron chi connectivity index (χ4n) is 9.53. The van der Waals surface area contributed by atoms with E-state index in [4.69, 9.17) is 14.2 Å². The number of hydrogen-bond acceptors (Lipinski definition) is 6. The molecule has 0 aliphatic carbocycles. The summed E-state index contributed by atoms with van der Waals surface area (Å²) in [6.45, 7) is 6.55. The van der Waals surface area contributed by atoms with Gasteiger partial charge in [0.15, 0.2) is 6.10 Å². The highest BCUT2D eigenvalue weighted by Gasteiger charge is 2.19. The predicted octanol–water partition coefficient (Wildman–Crippen LogP) is 22.5. The molecule has 0 bridgehead atoms. The van der Waals surface area contributed by atoms with E-state index in [9.17, 15) is 14.4 Å². The molecule has 6 heteroatoms. The zero-order chi connectivity index (χ0) is 55.0. The van der Waals surface area contributed by atoms with Crippen molar-refractivity contribution in [3.05, 3.63) is 72.9 Å². The van der Waals surface area contributed by atoms with Crippen molar-refractivity contribution in [2.45, 2.75) is 341 Å². The summed E-state index contributed by atoms with van der Waals surface area (Å²) in [5, 5.41) is 0. The van der Waals surface area contributed by atoms with Crippen LogP contribution in [0.5, 0.6) is 0 Å². The molecule has 0 fully saturated rings. The second-order valence-corrected chi connectivity index (χ2v) is 22.0. The van der Waals surface area contributed by atoms with E-state index in [1.807, 2.05) is 0 Å². The molecule has 0 spiro atoms. The Kier molecular flexibility index (Phi) is 61.7. The number of carbonyl (C=O) groups excluding carboxylic acids is 3. The Morgan fingerprint density at radius 1 is 0.276 bits per heavy atom. The number of allylic oxidation sites excluding steroid dienone is 12. The topological polar surface area (TPSA) is 78.9 Å². The van der Waals surface area contributed by atoms with Crippen LogP contribution in [-0.2, 0) is 28.6 Å². The van der Waals surface area contributed by atoms with E-state index in [0.29, 0.717) is 19.3 Å². The second kappa shape index (κ2) is 64.4. The van der Waals surface area contributed by atoms with E-state index in [-0.39, 0.29) is 31.1 Å². The lowest BCUT2D eigenvalue weighted by Crippen LogP contribution is -2.30. The fourth-order valence-corrected chi connectivity index (χ4v) is 9.53. The fraction of sp³-hybridized carbons (Fsp3) is 0.786. The highest BCUT2D eigenvalue weighted by atomic mass is 16.6. The SMILES string of the molecule is CC/C=C\C/C=C\C/C=C\CCCCCCCCCC(=O)OCC(COC(=O)CCCCCCCCCC/C=C\C/C=C\C/C=C\CCCCCCC)OC(=O)CCCCCCCCCCCCCCCCCCCC. The molecular formula is C70H124O6. The Labute approximate surface area is 472 Å². The molecule has 6 nitrogen and oxygen atoms in total. The molecule has 0 aliphatic rings. The Bertz CT molecular complexity index is 1400. The average molecular weight is 1060 g/mol. The van der Waals surface area contributed by atoms with E-state index in [1.165, 1.54) is 193 Å². The van der Waals surface area contributed by atoms with Crippen molar-refractivity contribution < 1.29 is 28.6 Å². The lowest BCUT2D eigenvalue weighted by molar-refractivity contribution is -0.167. The maximum Gasteiger partial charge on any atom is 0.306 e. The first-order valence-electron chi connectivity index (χ1n) is 32.9. The molecule has 0 saturated carbocycles. The summed E-state index contributed by atoms with van der Waals surface area (Å²) in [5.41, 5.74) is 0. The molecule has 0 amide bonds. The van der Waals surface area contributed by atoms with Gasteiger partial charge in [-0.25, -0.2) is 0 Å². The summed E-state index contributed by atoms with van der Waals surface area (Å²) < 4.78 is 17.0. The number of hydrogen-bond donors (Lipinski definition) is 0. The molecule has 0 radical (unpaired) electrons. The summed E-state index contributed by atoms with van der Waals surface area (Å²) in [7, 11) is 0. The molecule has 0 aromatic carbocycles. The molecule has 0 heterocycles. The average Bonchev–Trinajstić information content (AvgIpc) is 3.42. The van der Waals surface area contributed by atoms with E-state index < -0.39 is 6.10 Å². The maximum absolute atomic E-state index is 12.9. The standard InChI is InChI=1S/C70H124O6/c1-4-7-10-13-16-19-22-25-28-31-33-34-35-36-37-40-42-45-48-51-54-57-60-63-69(72)75-66-67(65-74-68(71)62-59-56-53-50-47-44-41-38-30-27-24-21-18-15-12-9-6-3)76-70(73)64-61-58-55-52-49-46-43-39-32-29-26-23-20-17-14-11-8-5-2/h9,12,18,21-22,25,27,30-31,33,35-36,67H,4-8,10-11,13-17,19-20,23-24,26,28-29,32,34,37-66H2,1-3H3/b12-9-,21-18-,25-22-,30-27-,33-31-,36-35-. The van der Waals surface area contributed by atoms with Crippen LogP contribution >= 0.6 is 0 Å². The monoisotopic (exact) mass is 1060 g/mol. The van der Waals surface area contributed by atoms with Crippen LogP contribution in [0, 0.1) is 0 Å². The van der Waals surface area contributed by atoms with E-state index in [0.717, 1.165) is 103 Å². The number of esters is 3. The first-order chi connectivity index (χ1) is 37.5. The van der Waals surface area contributed by atoms with Gasteiger partial charge in [0, 0.05) is 19.3 Å². The van der Waals surface area contributed by atoms with Crippen molar-refractivity contribution >= 4 is 17.9 Å². The van der Waals surface area contributed by atoms with Crippen molar-refractivity contribution in [3.63, 3.8) is 0 Å². The summed E-state index contributed by atoms with van der Waals surface area (Å²) in [4.78, 5) is 38.4. The first-order valence-corrected chi connectivity index (χ1v) is 32.9. The Morgan fingerprint density at radius 3 is 0.803 bits per heavy atom. The lowest BCUT2D eigenvalue weighted by Gasteiger charge is -2.18. The summed E-state index contributed by atoms with van der Waals surface area (Å²) >= 11 is 0. The third kappa shape index (κ3) is 61.7. The maximum atomic E-state index is 12.9. The van der Waals surface area contributed by atoms with Gasteiger partial charge < -0.3 is 14.2 Å². The quantitative estimate of drug-likeness (QED) is 0.0261. The van der Waals surface area contributed by atoms with Crippen LogP contribution in [0.4, 0.5) is 0 Å². The number of unbranched alkanes of at least 4 members (excludes halogenated alkanes) is 37. The minimum atomic E-state index is -0.783. The van der Waals surface area contributed by atoms with Crippen LogP contribution < -0.4 is 0 Å². The van der Waals surface area contributed by atoms with Gasteiger partial charge in [-0.2, -0.15) is 0 Å². The normalized spacial score (nSPS) is 12.5. The first kappa shape index (κ1) is 72.8. The number of ether oxygens (including phenoxy) is 3. The second-order valence-electron chi connectivity index (χ2n) is 22.0. The molecule has 0 N–H and O–H groups in total. The van der Waals surface area contributed by atoms with Crippen molar-refractivity contribution in [1.29, 1.82) is 0 Å². The Hall–Kier alpha value is -3.15. The zero-order valence-electron chi connectivity index (χ0n) is 50.5. The minimum Gasteiger partial charge on any atom is -0.462 e. The van der Waals surface area contributed by atoms with Gasteiger partial charge in [-0.05, 0) is 89.9 Å². The number of carbonyl (C=O) groups is 3. The largest absolute Gasteiger partial charge is 0.462 e.